The monoisotopic (exact) mass is 456 g/mol. The molecule has 1 unspecified atom stereocenters. The summed E-state index contributed by atoms with van der Waals surface area (Å²) in [6, 6.07) is 13.8. The van der Waals surface area contributed by atoms with Crippen LogP contribution in [0.4, 0.5) is 0 Å². The van der Waals surface area contributed by atoms with Crippen LogP contribution in [-0.2, 0) is 17.6 Å². The van der Waals surface area contributed by atoms with Crippen LogP contribution in [0, 0.1) is 5.92 Å². The molecule has 2 aliphatic rings. The Morgan fingerprint density at radius 3 is 2.59 bits per heavy atom. The minimum Gasteiger partial charge on any atom is -0.491 e. The van der Waals surface area contributed by atoms with E-state index in [0.29, 0.717) is 31.7 Å². The highest BCUT2D eigenvalue weighted by molar-refractivity contribution is 9.10. The van der Waals surface area contributed by atoms with Crippen LogP contribution in [0.2, 0.25) is 0 Å². The van der Waals surface area contributed by atoms with Crippen molar-refractivity contribution in [2.75, 3.05) is 26.7 Å². The summed E-state index contributed by atoms with van der Waals surface area (Å²) in [4.78, 5) is 29.2. The van der Waals surface area contributed by atoms with Crippen molar-refractivity contribution in [1.82, 2.24) is 9.80 Å². The fraction of sp³-hybridized carbons (Fsp3) is 0.391. The molecular formula is C23H25BrN2O3. The van der Waals surface area contributed by atoms with Crippen LogP contribution in [0.5, 0.6) is 5.75 Å². The Bertz CT molecular complexity index is 922. The van der Waals surface area contributed by atoms with E-state index in [-0.39, 0.29) is 23.8 Å². The molecule has 4 rings (SSSR count). The Kier molecular flexibility index (Phi) is 5.63. The molecule has 2 aliphatic heterocycles. The average Bonchev–Trinajstić information content (AvgIpc) is 2.72. The molecule has 6 heteroatoms. The van der Waals surface area contributed by atoms with Gasteiger partial charge in [-0.25, -0.2) is 0 Å². The molecule has 0 bridgehead atoms. The van der Waals surface area contributed by atoms with Crippen molar-refractivity contribution < 1.29 is 14.3 Å². The molecule has 5 nitrogen and oxygen atoms in total. The Morgan fingerprint density at radius 2 is 1.90 bits per heavy atom. The number of rotatable bonds is 4. The minimum atomic E-state index is -0.187. The first-order valence-electron chi connectivity index (χ1n) is 10.0. The van der Waals surface area contributed by atoms with Crippen molar-refractivity contribution >= 4 is 27.7 Å². The lowest BCUT2D eigenvalue weighted by Gasteiger charge is -2.45. The van der Waals surface area contributed by atoms with E-state index in [4.69, 9.17) is 4.74 Å². The van der Waals surface area contributed by atoms with Gasteiger partial charge in [0.05, 0.1) is 16.4 Å². The summed E-state index contributed by atoms with van der Waals surface area (Å²) in [6.45, 7) is 3.63. The average molecular weight is 457 g/mol. The van der Waals surface area contributed by atoms with Gasteiger partial charge in [-0.1, -0.05) is 31.2 Å². The predicted octanol–water partition coefficient (Wildman–Crippen LogP) is 3.55. The summed E-state index contributed by atoms with van der Waals surface area (Å²) in [6.07, 6.45) is 1.64. The zero-order valence-electron chi connectivity index (χ0n) is 16.7. The number of likely N-dealkylation sites (N-methyl/N-ethyl adjacent to an activating group) is 1. The van der Waals surface area contributed by atoms with Crippen LogP contribution in [-0.4, -0.2) is 54.4 Å². The van der Waals surface area contributed by atoms with E-state index in [1.165, 1.54) is 5.56 Å². The lowest BCUT2D eigenvalue weighted by molar-refractivity contribution is -0.140. The van der Waals surface area contributed by atoms with Crippen LogP contribution in [0.15, 0.2) is 46.9 Å². The topological polar surface area (TPSA) is 49.9 Å². The van der Waals surface area contributed by atoms with E-state index in [9.17, 15) is 9.59 Å². The number of hydrogen-bond acceptors (Lipinski definition) is 3. The molecule has 2 aromatic carbocycles. The third-order valence-electron chi connectivity index (χ3n) is 5.95. The zero-order chi connectivity index (χ0) is 20.5. The smallest absolute Gasteiger partial charge is 0.253 e. The maximum atomic E-state index is 13.0. The maximum Gasteiger partial charge on any atom is 0.253 e. The first-order chi connectivity index (χ1) is 14.0. The minimum absolute atomic E-state index is 0.0320. The molecular weight excluding hydrogens is 432 g/mol. The molecule has 0 aromatic heterocycles. The third kappa shape index (κ3) is 3.90. The first-order valence-corrected chi connectivity index (χ1v) is 10.8. The molecule has 29 heavy (non-hydrogen) atoms. The van der Waals surface area contributed by atoms with E-state index in [2.05, 4.69) is 22.9 Å². The highest BCUT2D eigenvalue weighted by Crippen LogP contribution is 2.35. The molecule has 2 aromatic rings. The highest BCUT2D eigenvalue weighted by atomic mass is 79.9. The second-order valence-electron chi connectivity index (χ2n) is 7.80. The van der Waals surface area contributed by atoms with Crippen LogP contribution in [0.1, 0.15) is 28.4 Å². The zero-order valence-corrected chi connectivity index (χ0v) is 18.3. The number of amides is 2. The molecule has 0 radical (unpaired) electrons. The molecule has 152 valence electrons. The molecule has 1 saturated heterocycles. The standard InChI is InChI=1S/C23H25BrN2O3/c1-3-15-7-9-16(10-8-15)23(28)26-12-19(13-26)25(2)22(27)18-11-17-5-4-6-20(24)21(17)29-14-18/h4-10,18-19H,3,11-14H2,1-2H3. The third-order valence-corrected chi connectivity index (χ3v) is 6.57. The Morgan fingerprint density at radius 1 is 1.17 bits per heavy atom. The molecule has 2 heterocycles. The number of aryl methyl sites for hydroxylation is 1. The second kappa shape index (κ2) is 8.19. The van der Waals surface area contributed by atoms with Gasteiger partial charge in [-0.05, 0) is 58.1 Å². The van der Waals surface area contributed by atoms with Gasteiger partial charge in [0.2, 0.25) is 5.91 Å². The fourth-order valence-corrected chi connectivity index (χ4v) is 4.46. The van der Waals surface area contributed by atoms with Gasteiger partial charge < -0.3 is 14.5 Å². The molecule has 0 spiro atoms. The molecule has 0 saturated carbocycles. The van der Waals surface area contributed by atoms with Crippen molar-refractivity contribution in [2.24, 2.45) is 5.92 Å². The van der Waals surface area contributed by atoms with Crippen molar-refractivity contribution in [3.05, 3.63) is 63.6 Å². The van der Waals surface area contributed by atoms with Gasteiger partial charge in [-0.2, -0.15) is 0 Å². The van der Waals surface area contributed by atoms with E-state index in [1.54, 1.807) is 9.80 Å². The molecule has 2 amide bonds. The van der Waals surface area contributed by atoms with Crippen LogP contribution < -0.4 is 4.74 Å². The fourth-order valence-electron chi connectivity index (χ4n) is 3.94. The molecule has 1 atom stereocenters. The van der Waals surface area contributed by atoms with Crippen LogP contribution in [0.3, 0.4) is 0 Å². The number of carbonyl (C=O) groups is 2. The van der Waals surface area contributed by atoms with Gasteiger partial charge >= 0.3 is 0 Å². The van der Waals surface area contributed by atoms with Gasteiger partial charge in [-0.3, -0.25) is 9.59 Å². The quantitative estimate of drug-likeness (QED) is 0.706. The lowest BCUT2D eigenvalue weighted by atomic mass is 9.94. The van der Waals surface area contributed by atoms with Gasteiger partial charge in [0.25, 0.3) is 5.91 Å². The number of hydrogen-bond donors (Lipinski definition) is 0. The van der Waals surface area contributed by atoms with Crippen molar-refractivity contribution in [1.29, 1.82) is 0 Å². The van der Waals surface area contributed by atoms with E-state index in [0.717, 1.165) is 22.2 Å². The molecule has 0 aliphatic carbocycles. The Hall–Kier alpha value is -2.34. The summed E-state index contributed by atoms with van der Waals surface area (Å²) in [5.74, 6) is 0.770. The Labute approximate surface area is 179 Å². The predicted molar refractivity (Wildman–Crippen MR) is 115 cm³/mol. The maximum absolute atomic E-state index is 13.0. The SMILES string of the molecule is CCc1ccc(C(=O)N2CC(N(C)C(=O)C3COc4c(Br)cccc4C3)C2)cc1. The molecule has 0 N–H and O–H groups in total. The number of benzene rings is 2. The summed E-state index contributed by atoms with van der Waals surface area (Å²) >= 11 is 3.50. The number of carbonyl (C=O) groups excluding carboxylic acids is 2. The van der Waals surface area contributed by atoms with E-state index < -0.39 is 0 Å². The lowest BCUT2D eigenvalue weighted by Crippen LogP contribution is -2.62. The van der Waals surface area contributed by atoms with Gasteiger partial charge in [0.15, 0.2) is 0 Å². The largest absolute Gasteiger partial charge is 0.491 e. The van der Waals surface area contributed by atoms with Gasteiger partial charge in [0.1, 0.15) is 12.4 Å². The van der Waals surface area contributed by atoms with Crippen molar-refractivity contribution in [3.63, 3.8) is 0 Å². The summed E-state index contributed by atoms with van der Waals surface area (Å²) in [7, 11) is 1.83. The number of ether oxygens (including phenoxy) is 1. The number of para-hydroxylation sites is 1. The normalized spacial score (nSPS) is 18.4. The summed E-state index contributed by atoms with van der Waals surface area (Å²) in [5.41, 5.74) is 2.98. The second-order valence-corrected chi connectivity index (χ2v) is 8.66. The summed E-state index contributed by atoms with van der Waals surface area (Å²) in [5, 5.41) is 0. The number of nitrogens with zero attached hydrogens (tertiary/aromatic N) is 2. The number of halogens is 1. The van der Waals surface area contributed by atoms with Crippen molar-refractivity contribution in [3.8, 4) is 5.75 Å². The van der Waals surface area contributed by atoms with E-state index in [1.807, 2.05) is 49.5 Å². The van der Waals surface area contributed by atoms with Gasteiger partial charge in [-0.15, -0.1) is 0 Å². The van der Waals surface area contributed by atoms with E-state index >= 15 is 0 Å². The van der Waals surface area contributed by atoms with Crippen LogP contribution in [0.25, 0.3) is 0 Å². The number of likely N-dealkylation sites (tertiary alicyclic amines) is 1. The summed E-state index contributed by atoms with van der Waals surface area (Å²) < 4.78 is 6.77. The molecule has 1 fully saturated rings. The number of fused-ring (bicyclic) bond motifs is 1. The van der Waals surface area contributed by atoms with Gasteiger partial charge in [0, 0.05) is 25.7 Å². The van der Waals surface area contributed by atoms with Crippen LogP contribution >= 0.6 is 15.9 Å². The van der Waals surface area contributed by atoms with Crippen molar-refractivity contribution in [2.45, 2.75) is 25.8 Å². The highest BCUT2D eigenvalue weighted by Gasteiger charge is 2.38. The Balaban J connectivity index is 1.33. The first kappa shape index (κ1) is 20.0.